The number of carbonyl (C=O) groups is 2. The lowest BCUT2D eigenvalue weighted by Gasteiger charge is -2.32. The fourth-order valence-electron chi connectivity index (χ4n) is 4.91. The van der Waals surface area contributed by atoms with Gasteiger partial charge in [-0.3, -0.25) is 14.5 Å². The van der Waals surface area contributed by atoms with Crippen LogP contribution in [0, 0.1) is 0 Å². The first-order valence-electron chi connectivity index (χ1n) is 13.4. The zero-order chi connectivity index (χ0) is 28.1. The van der Waals surface area contributed by atoms with Gasteiger partial charge in [0.25, 0.3) is 0 Å². The SMILES string of the molecule is COc1ccc(N(C(=O)Cn2nnc3ccccc32)[C@@H](C(=O)NC[C@@H]2CCCO2)c2ccc(N(C)C)cc2)cc1. The molecule has 0 unspecified atom stereocenters. The van der Waals surface area contributed by atoms with Crippen molar-refractivity contribution in [2.75, 3.05) is 44.2 Å². The second-order valence-corrected chi connectivity index (χ2v) is 9.97. The number of methoxy groups -OCH3 is 1. The summed E-state index contributed by atoms with van der Waals surface area (Å²) < 4.78 is 12.6. The van der Waals surface area contributed by atoms with Crippen molar-refractivity contribution in [3.05, 3.63) is 78.4 Å². The summed E-state index contributed by atoms with van der Waals surface area (Å²) in [7, 11) is 5.49. The lowest BCUT2D eigenvalue weighted by atomic mass is 10.0. The van der Waals surface area contributed by atoms with Crippen molar-refractivity contribution in [1.29, 1.82) is 0 Å². The molecule has 10 heteroatoms. The van der Waals surface area contributed by atoms with Crippen molar-refractivity contribution in [2.45, 2.75) is 31.5 Å². The molecule has 3 aromatic carbocycles. The van der Waals surface area contributed by atoms with Crippen LogP contribution in [0.4, 0.5) is 11.4 Å². The number of hydrogen-bond donors (Lipinski definition) is 1. The number of fused-ring (bicyclic) bond motifs is 1. The maximum atomic E-state index is 14.2. The van der Waals surface area contributed by atoms with Gasteiger partial charge in [-0.2, -0.15) is 0 Å². The Kier molecular flexibility index (Phi) is 8.26. The number of anilines is 2. The number of rotatable bonds is 10. The molecular formula is C30H34N6O4. The van der Waals surface area contributed by atoms with E-state index in [2.05, 4.69) is 15.6 Å². The van der Waals surface area contributed by atoms with E-state index in [1.54, 1.807) is 36.1 Å². The van der Waals surface area contributed by atoms with Crippen molar-refractivity contribution in [3.8, 4) is 5.75 Å². The number of ether oxygens (including phenoxy) is 2. The van der Waals surface area contributed by atoms with Crippen LogP contribution in [0.2, 0.25) is 0 Å². The van der Waals surface area contributed by atoms with Gasteiger partial charge in [-0.15, -0.1) is 5.10 Å². The molecule has 5 rings (SSSR count). The highest BCUT2D eigenvalue weighted by molar-refractivity contribution is 6.01. The number of carbonyl (C=O) groups excluding carboxylic acids is 2. The number of nitrogens with zero attached hydrogens (tertiary/aromatic N) is 5. The molecule has 10 nitrogen and oxygen atoms in total. The van der Waals surface area contributed by atoms with Crippen molar-refractivity contribution < 1.29 is 19.1 Å². The largest absolute Gasteiger partial charge is 0.497 e. The Labute approximate surface area is 233 Å². The van der Waals surface area contributed by atoms with Crippen molar-refractivity contribution in [2.24, 2.45) is 0 Å². The van der Waals surface area contributed by atoms with E-state index in [1.807, 2.05) is 67.5 Å². The Bertz CT molecular complexity index is 1450. The third-order valence-corrected chi connectivity index (χ3v) is 7.08. The van der Waals surface area contributed by atoms with E-state index in [0.717, 1.165) is 24.0 Å². The fraction of sp³-hybridized carbons (Fsp3) is 0.333. The predicted octanol–water partition coefficient (Wildman–Crippen LogP) is 3.58. The summed E-state index contributed by atoms with van der Waals surface area (Å²) in [6.45, 7) is 0.972. The third kappa shape index (κ3) is 5.91. The fourth-order valence-corrected chi connectivity index (χ4v) is 4.91. The van der Waals surface area contributed by atoms with Crippen LogP contribution < -0.4 is 19.9 Å². The Morgan fingerprint density at radius 3 is 2.45 bits per heavy atom. The molecule has 1 aromatic heterocycles. The predicted molar refractivity (Wildman–Crippen MR) is 154 cm³/mol. The zero-order valence-corrected chi connectivity index (χ0v) is 23.0. The minimum absolute atomic E-state index is 0.0348. The average Bonchev–Trinajstić information content (AvgIpc) is 3.65. The van der Waals surface area contributed by atoms with Crippen LogP contribution in [0.15, 0.2) is 72.8 Å². The lowest BCUT2D eigenvalue weighted by Crippen LogP contribution is -2.46. The second kappa shape index (κ2) is 12.2. The van der Waals surface area contributed by atoms with Crippen molar-refractivity contribution in [1.82, 2.24) is 20.3 Å². The Morgan fingerprint density at radius 1 is 1.05 bits per heavy atom. The van der Waals surface area contributed by atoms with E-state index in [0.29, 0.717) is 35.7 Å². The minimum Gasteiger partial charge on any atom is -0.497 e. The van der Waals surface area contributed by atoms with Gasteiger partial charge in [0.2, 0.25) is 11.8 Å². The van der Waals surface area contributed by atoms with Gasteiger partial charge in [0, 0.05) is 38.6 Å². The molecule has 0 radical (unpaired) electrons. The highest BCUT2D eigenvalue weighted by atomic mass is 16.5. The molecule has 1 fully saturated rings. The van der Waals surface area contributed by atoms with Crippen LogP contribution in [0.1, 0.15) is 24.4 Å². The third-order valence-electron chi connectivity index (χ3n) is 7.08. The van der Waals surface area contributed by atoms with E-state index in [4.69, 9.17) is 9.47 Å². The molecule has 40 heavy (non-hydrogen) atoms. The average molecular weight is 543 g/mol. The Morgan fingerprint density at radius 2 is 1.77 bits per heavy atom. The first kappa shape index (κ1) is 27.1. The van der Waals surface area contributed by atoms with Gasteiger partial charge in [0.05, 0.1) is 18.7 Å². The normalized spacial score (nSPS) is 15.5. The van der Waals surface area contributed by atoms with Crippen LogP contribution in [0.25, 0.3) is 11.0 Å². The number of para-hydroxylation sites is 1. The highest BCUT2D eigenvalue weighted by Gasteiger charge is 2.34. The van der Waals surface area contributed by atoms with Gasteiger partial charge < -0.3 is 19.7 Å². The molecule has 1 aliphatic rings. The summed E-state index contributed by atoms with van der Waals surface area (Å²) in [5.74, 6) is 0.0450. The van der Waals surface area contributed by atoms with Crippen LogP contribution in [0.3, 0.4) is 0 Å². The van der Waals surface area contributed by atoms with Gasteiger partial charge in [0.1, 0.15) is 23.9 Å². The zero-order valence-electron chi connectivity index (χ0n) is 23.0. The van der Waals surface area contributed by atoms with Crippen LogP contribution >= 0.6 is 0 Å². The number of nitrogens with one attached hydrogen (secondary N) is 1. The van der Waals surface area contributed by atoms with Crippen LogP contribution in [0.5, 0.6) is 5.75 Å². The van der Waals surface area contributed by atoms with E-state index < -0.39 is 6.04 Å². The van der Waals surface area contributed by atoms with Gasteiger partial charge in [-0.1, -0.05) is 29.5 Å². The van der Waals surface area contributed by atoms with Gasteiger partial charge in [0.15, 0.2) is 0 Å². The summed E-state index contributed by atoms with van der Waals surface area (Å²) in [6, 6.07) is 21.3. The molecule has 2 amide bonds. The van der Waals surface area contributed by atoms with Gasteiger partial charge in [-0.05, 0) is 66.9 Å². The quantitative estimate of drug-likeness (QED) is 0.327. The van der Waals surface area contributed by atoms with Crippen LogP contribution in [-0.2, 0) is 20.9 Å². The molecule has 0 bridgehead atoms. The van der Waals surface area contributed by atoms with Crippen molar-refractivity contribution >= 4 is 34.2 Å². The smallest absolute Gasteiger partial charge is 0.249 e. The van der Waals surface area contributed by atoms with Gasteiger partial charge in [-0.25, -0.2) is 4.68 Å². The highest BCUT2D eigenvalue weighted by Crippen LogP contribution is 2.31. The number of aromatic nitrogens is 3. The number of benzene rings is 3. The second-order valence-electron chi connectivity index (χ2n) is 9.97. The Hall–Kier alpha value is -4.44. The monoisotopic (exact) mass is 542 g/mol. The molecule has 4 aromatic rings. The van der Waals surface area contributed by atoms with Crippen molar-refractivity contribution in [3.63, 3.8) is 0 Å². The molecular weight excluding hydrogens is 508 g/mol. The van der Waals surface area contributed by atoms with E-state index in [9.17, 15) is 9.59 Å². The molecule has 2 atom stereocenters. The number of amides is 2. The lowest BCUT2D eigenvalue weighted by molar-refractivity contribution is -0.127. The summed E-state index contributed by atoms with van der Waals surface area (Å²) in [6.07, 6.45) is 1.83. The molecule has 0 spiro atoms. The van der Waals surface area contributed by atoms with Gasteiger partial charge >= 0.3 is 0 Å². The van der Waals surface area contributed by atoms with E-state index in [1.165, 1.54) is 4.90 Å². The summed E-state index contributed by atoms with van der Waals surface area (Å²) >= 11 is 0. The summed E-state index contributed by atoms with van der Waals surface area (Å²) in [4.78, 5) is 31.6. The standard InChI is InChI=1S/C30H34N6O4/c1-34(2)22-12-10-21(11-13-22)29(30(38)31-19-25-7-6-18-40-25)36(23-14-16-24(39-3)17-15-23)28(37)20-35-27-9-5-4-8-26(27)32-33-35/h4-5,8-17,25,29H,6-7,18-20H2,1-3H3,(H,31,38)/t25-,29+/m0/s1. The molecule has 0 saturated carbocycles. The minimum atomic E-state index is -0.937. The molecule has 2 heterocycles. The van der Waals surface area contributed by atoms with Crippen LogP contribution in [-0.4, -0.2) is 67.3 Å². The summed E-state index contributed by atoms with van der Waals surface area (Å²) in [5, 5.41) is 11.5. The summed E-state index contributed by atoms with van der Waals surface area (Å²) in [5.41, 5.74) is 3.66. The maximum absolute atomic E-state index is 14.2. The molecule has 208 valence electrons. The molecule has 1 aliphatic heterocycles. The first-order valence-corrected chi connectivity index (χ1v) is 13.4. The number of hydrogen-bond acceptors (Lipinski definition) is 7. The van der Waals surface area contributed by atoms with E-state index in [-0.39, 0.29) is 24.5 Å². The van der Waals surface area contributed by atoms with E-state index >= 15 is 0 Å². The Balaban J connectivity index is 1.54. The molecule has 1 N–H and O–H groups in total. The maximum Gasteiger partial charge on any atom is 0.249 e. The first-order chi connectivity index (χ1) is 19.4. The molecule has 1 saturated heterocycles. The topological polar surface area (TPSA) is 102 Å². The molecule has 0 aliphatic carbocycles.